The monoisotopic (exact) mass is 460 g/mol. The van der Waals surface area contributed by atoms with Gasteiger partial charge in [0.05, 0.1) is 18.5 Å². The molecular weight excluding hydrogens is 428 g/mol. The summed E-state index contributed by atoms with van der Waals surface area (Å²) in [5, 5.41) is 4.25. The highest BCUT2D eigenvalue weighted by Crippen LogP contribution is 2.28. The van der Waals surface area contributed by atoms with Crippen molar-refractivity contribution >= 4 is 23.8 Å². The van der Waals surface area contributed by atoms with E-state index in [0.717, 1.165) is 5.56 Å². The van der Waals surface area contributed by atoms with Crippen molar-refractivity contribution < 1.29 is 28.6 Å². The van der Waals surface area contributed by atoms with Crippen LogP contribution >= 0.6 is 0 Å². The van der Waals surface area contributed by atoms with Crippen LogP contribution in [0.4, 0.5) is 15.3 Å². The van der Waals surface area contributed by atoms with Gasteiger partial charge in [-0.05, 0) is 66.2 Å². The van der Waals surface area contributed by atoms with Gasteiger partial charge in [-0.3, -0.25) is 0 Å². The van der Waals surface area contributed by atoms with Crippen molar-refractivity contribution in [1.29, 1.82) is 0 Å². The van der Waals surface area contributed by atoms with E-state index in [1.807, 2.05) is 0 Å². The number of carbonyl (C=O) groups excluding carboxylic acids is 3. The van der Waals surface area contributed by atoms with Gasteiger partial charge in [0.15, 0.2) is 5.69 Å². The molecule has 0 atom stereocenters. The smallest absolute Gasteiger partial charge is 0.424 e. The van der Waals surface area contributed by atoms with Gasteiger partial charge < -0.3 is 19.9 Å². The fourth-order valence-corrected chi connectivity index (χ4v) is 2.75. The summed E-state index contributed by atoms with van der Waals surface area (Å²) in [6, 6.07) is 7.00. The molecule has 0 aliphatic carbocycles. The van der Waals surface area contributed by atoms with E-state index in [1.165, 1.54) is 10.9 Å². The van der Waals surface area contributed by atoms with Gasteiger partial charge in [-0.25, -0.2) is 19.1 Å². The average molecular weight is 461 g/mol. The van der Waals surface area contributed by atoms with Gasteiger partial charge in [-0.1, -0.05) is 12.1 Å². The highest BCUT2D eigenvalue weighted by atomic mass is 16.6. The highest BCUT2D eigenvalue weighted by Gasteiger charge is 2.37. The summed E-state index contributed by atoms with van der Waals surface area (Å²) in [5.74, 6) is -0.773. The molecule has 0 radical (unpaired) electrons. The molecule has 10 heteroatoms. The van der Waals surface area contributed by atoms with Gasteiger partial charge in [0.1, 0.15) is 16.9 Å². The number of aromatic nitrogens is 2. The zero-order valence-corrected chi connectivity index (χ0v) is 20.2. The van der Waals surface area contributed by atoms with Crippen molar-refractivity contribution in [2.75, 3.05) is 11.5 Å². The molecule has 0 saturated heterocycles. The lowest BCUT2D eigenvalue weighted by Crippen LogP contribution is -2.44. The molecular formula is C23H32N4O6. The first-order chi connectivity index (χ1) is 15.3. The van der Waals surface area contributed by atoms with E-state index in [4.69, 9.17) is 19.9 Å². The Labute approximate surface area is 193 Å². The Morgan fingerprint density at radius 1 is 0.970 bits per heavy atom. The molecule has 0 unspecified atom stereocenters. The molecule has 0 bridgehead atoms. The van der Waals surface area contributed by atoms with E-state index in [9.17, 15) is 14.4 Å². The maximum Gasteiger partial charge on any atom is 0.424 e. The summed E-state index contributed by atoms with van der Waals surface area (Å²) in [6.45, 7) is 12.0. The van der Waals surface area contributed by atoms with Crippen LogP contribution in [0.15, 0.2) is 30.5 Å². The number of carbonyl (C=O) groups is 3. The predicted molar refractivity (Wildman–Crippen MR) is 122 cm³/mol. The molecule has 180 valence electrons. The molecule has 10 nitrogen and oxygen atoms in total. The van der Waals surface area contributed by atoms with Crippen LogP contribution in [0.5, 0.6) is 0 Å². The number of hydrogen-bond donors (Lipinski definition) is 1. The first kappa shape index (κ1) is 25.9. The normalized spacial score (nSPS) is 11.6. The van der Waals surface area contributed by atoms with Crippen molar-refractivity contribution in [2.45, 2.75) is 66.2 Å². The lowest BCUT2D eigenvalue weighted by molar-refractivity contribution is 0.0430. The number of anilines is 1. The SMILES string of the molecule is CCOC(=O)c1c(N(C(=O)OC(C)(C)C)C(=O)OC(C)(C)C)cnn1-c1ccc(CN)cc1. The lowest BCUT2D eigenvalue weighted by Gasteiger charge is -2.28. The van der Waals surface area contributed by atoms with Gasteiger partial charge in [0.2, 0.25) is 0 Å². The number of nitrogens with two attached hydrogens (primary N) is 1. The molecule has 0 fully saturated rings. The topological polar surface area (TPSA) is 126 Å². The zero-order valence-electron chi connectivity index (χ0n) is 20.2. The minimum atomic E-state index is -1.01. The largest absolute Gasteiger partial charge is 0.461 e. The fourth-order valence-electron chi connectivity index (χ4n) is 2.75. The molecule has 1 heterocycles. The first-order valence-corrected chi connectivity index (χ1v) is 10.6. The third-order valence-electron chi connectivity index (χ3n) is 4.03. The minimum Gasteiger partial charge on any atom is -0.461 e. The van der Waals surface area contributed by atoms with Crippen LogP contribution in [-0.2, 0) is 20.8 Å². The molecule has 0 saturated carbocycles. The molecule has 0 aliphatic rings. The lowest BCUT2D eigenvalue weighted by atomic mass is 10.2. The Bertz CT molecular complexity index is 971. The van der Waals surface area contributed by atoms with Gasteiger partial charge >= 0.3 is 18.2 Å². The summed E-state index contributed by atoms with van der Waals surface area (Å²) in [7, 11) is 0. The summed E-state index contributed by atoms with van der Waals surface area (Å²) in [5.41, 5.74) is 4.98. The molecule has 33 heavy (non-hydrogen) atoms. The Kier molecular flexibility index (Phi) is 7.86. The maximum absolute atomic E-state index is 13.0. The van der Waals surface area contributed by atoms with Crippen LogP contribution in [-0.4, -0.2) is 45.7 Å². The third kappa shape index (κ3) is 6.79. The van der Waals surface area contributed by atoms with E-state index in [2.05, 4.69) is 5.10 Å². The van der Waals surface area contributed by atoms with Crippen molar-refractivity contribution in [2.24, 2.45) is 5.73 Å². The molecule has 1 aromatic heterocycles. The Morgan fingerprint density at radius 3 is 1.91 bits per heavy atom. The molecule has 2 amide bonds. The Balaban J connectivity index is 2.67. The predicted octanol–water partition coefficient (Wildman–Crippen LogP) is 4.18. The molecule has 1 aromatic carbocycles. The number of rotatable bonds is 5. The van der Waals surface area contributed by atoms with Gasteiger partial charge in [0, 0.05) is 6.54 Å². The molecule has 2 aromatic rings. The quantitative estimate of drug-likeness (QED) is 0.520. The van der Waals surface area contributed by atoms with Gasteiger partial charge in [-0.2, -0.15) is 10.00 Å². The van der Waals surface area contributed by atoms with Gasteiger partial charge in [-0.15, -0.1) is 0 Å². The van der Waals surface area contributed by atoms with Crippen LogP contribution in [0.25, 0.3) is 5.69 Å². The van der Waals surface area contributed by atoms with E-state index in [-0.39, 0.29) is 18.0 Å². The van der Waals surface area contributed by atoms with Crippen molar-refractivity contribution in [3.05, 3.63) is 41.7 Å². The van der Waals surface area contributed by atoms with E-state index >= 15 is 0 Å². The summed E-state index contributed by atoms with van der Waals surface area (Å²) in [6.07, 6.45) is -0.808. The number of esters is 1. The number of nitrogens with zero attached hydrogens (tertiary/aromatic N) is 3. The van der Waals surface area contributed by atoms with Crippen molar-refractivity contribution in [1.82, 2.24) is 9.78 Å². The second kappa shape index (κ2) is 10.0. The van der Waals surface area contributed by atoms with Crippen LogP contribution in [0.1, 0.15) is 64.5 Å². The molecule has 2 rings (SSSR count). The van der Waals surface area contributed by atoms with E-state index in [1.54, 1.807) is 72.7 Å². The second-order valence-corrected chi connectivity index (χ2v) is 9.18. The van der Waals surface area contributed by atoms with Crippen molar-refractivity contribution in [3.8, 4) is 5.69 Å². The second-order valence-electron chi connectivity index (χ2n) is 9.18. The highest BCUT2D eigenvalue weighted by molar-refractivity contribution is 6.13. The summed E-state index contributed by atoms with van der Waals surface area (Å²) < 4.78 is 17.3. The fraction of sp³-hybridized carbons (Fsp3) is 0.478. The number of ether oxygens (including phenoxy) is 3. The number of hydrogen-bond acceptors (Lipinski definition) is 8. The molecule has 2 N–H and O–H groups in total. The van der Waals surface area contributed by atoms with E-state index in [0.29, 0.717) is 17.1 Å². The third-order valence-corrected chi connectivity index (χ3v) is 4.03. The number of amides is 2. The van der Waals surface area contributed by atoms with Crippen LogP contribution in [0, 0.1) is 0 Å². The maximum atomic E-state index is 13.0. The minimum absolute atomic E-state index is 0.0778. The van der Waals surface area contributed by atoms with Gasteiger partial charge in [0.25, 0.3) is 0 Å². The summed E-state index contributed by atoms with van der Waals surface area (Å²) >= 11 is 0. The van der Waals surface area contributed by atoms with E-state index < -0.39 is 29.4 Å². The summed E-state index contributed by atoms with van der Waals surface area (Å²) in [4.78, 5) is 39.7. The van der Waals surface area contributed by atoms with Crippen LogP contribution < -0.4 is 10.6 Å². The molecule has 0 spiro atoms. The Hall–Kier alpha value is -3.40. The standard InChI is InChI=1S/C23H32N4O6/c1-8-31-19(28)18-17(14-25-27(18)16-11-9-15(13-24)10-12-16)26(20(29)32-22(2,3)4)21(30)33-23(5,6)7/h9-12,14H,8,13,24H2,1-7H3. The van der Waals surface area contributed by atoms with Crippen molar-refractivity contribution in [3.63, 3.8) is 0 Å². The number of benzene rings is 1. The molecule has 0 aliphatic heterocycles. The zero-order chi connectivity index (χ0) is 25.0. The average Bonchev–Trinajstić information content (AvgIpc) is 3.10. The van der Waals surface area contributed by atoms with Crippen LogP contribution in [0.2, 0.25) is 0 Å². The first-order valence-electron chi connectivity index (χ1n) is 10.6. The van der Waals surface area contributed by atoms with Crippen LogP contribution in [0.3, 0.4) is 0 Å². The number of imide groups is 1. The Morgan fingerprint density at radius 2 is 1.48 bits per heavy atom.